The van der Waals surface area contributed by atoms with Crippen molar-refractivity contribution < 1.29 is 28.5 Å². The Morgan fingerprint density at radius 2 is 2.00 bits per heavy atom. The van der Waals surface area contributed by atoms with E-state index in [9.17, 15) is 9.59 Å². The minimum Gasteiger partial charge on any atom is -0.456 e. The summed E-state index contributed by atoms with van der Waals surface area (Å²) in [4.78, 5) is 24.0. The second kappa shape index (κ2) is 8.27. The summed E-state index contributed by atoms with van der Waals surface area (Å²) in [5, 5.41) is 0. The molecule has 0 spiro atoms. The van der Waals surface area contributed by atoms with Crippen LogP contribution in [0.15, 0.2) is 43.0 Å². The quantitative estimate of drug-likeness (QED) is 0.557. The Morgan fingerprint density at radius 1 is 1.32 bits per heavy atom. The molecule has 0 bridgehead atoms. The SMILES string of the molecule is C=CC[C@@H](OC(=O)[C@@H](OC(C)=O)c1ccccc1)[C@@H]1COC(C)(C)O1. The molecule has 0 unspecified atom stereocenters. The second-order valence-corrected chi connectivity index (χ2v) is 6.27. The van der Waals surface area contributed by atoms with Crippen molar-refractivity contribution in [1.82, 2.24) is 0 Å². The van der Waals surface area contributed by atoms with Gasteiger partial charge in [0.1, 0.15) is 12.2 Å². The fraction of sp³-hybridized carbons (Fsp3) is 0.474. The molecule has 0 saturated carbocycles. The number of esters is 2. The van der Waals surface area contributed by atoms with E-state index in [4.69, 9.17) is 18.9 Å². The van der Waals surface area contributed by atoms with Crippen LogP contribution in [0.4, 0.5) is 0 Å². The lowest BCUT2D eigenvalue weighted by atomic mass is 10.1. The standard InChI is InChI=1S/C19H24O6/c1-5-9-15(16-12-22-19(3,4)25-16)24-18(21)17(23-13(2)20)14-10-7-6-8-11-14/h5-8,10-11,15-17H,1,9,12H2,2-4H3/t15-,16+,17+/m1/s1. The van der Waals surface area contributed by atoms with Gasteiger partial charge in [0.25, 0.3) is 0 Å². The molecule has 0 N–H and O–H groups in total. The van der Waals surface area contributed by atoms with Crippen molar-refractivity contribution in [3.63, 3.8) is 0 Å². The van der Waals surface area contributed by atoms with E-state index in [0.717, 1.165) is 0 Å². The lowest BCUT2D eigenvalue weighted by molar-refractivity contribution is -0.182. The molecule has 1 saturated heterocycles. The van der Waals surface area contributed by atoms with Crippen LogP contribution in [-0.2, 0) is 28.5 Å². The number of hydrogen-bond donors (Lipinski definition) is 0. The van der Waals surface area contributed by atoms with E-state index < -0.39 is 36.0 Å². The van der Waals surface area contributed by atoms with E-state index in [-0.39, 0.29) is 0 Å². The zero-order valence-electron chi connectivity index (χ0n) is 14.8. The predicted molar refractivity (Wildman–Crippen MR) is 90.5 cm³/mol. The molecule has 1 heterocycles. The summed E-state index contributed by atoms with van der Waals surface area (Å²) >= 11 is 0. The molecule has 1 aliphatic heterocycles. The van der Waals surface area contributed by atoms with Crippen LogP contribution in [0.2, 0.25) is 0 Å². The topological polar surface area (TPSA) is 71.1 Å². The van der Waals surface area contributed by atoms with Crippen molar-refractivity contribution in [2.45, 2.75) is 51.3 Å². The minimum absolute atomic E-state index is 0.308. The van der Waals surface area contributed by atoms with E-state index in [0.29, 0.717) is 18.6 Å². The Balaban J connectivity index is 2.14. The fourth-order valence-electron chi connectivity index (χ4n) is 2.60. The Kier molecular flexibility index (Phi) is 6.33. The molecule has 0 radical (unpaired) electrons. The van der Waals surface area contributed by atoms with Gasteiger partial charge in [0, 0.05) is 18.9 Å². The molecule has 6 heteroatoms. The second-order valence-electron chi connectivity index (χ2n) is 6.27. The van der Waals surface area contributed by atoms with Gasteiger partial charge in [-0.2, -0.15) is 0 Å². The number of ether oxygens (including phenoxy) is 4. The molecule has 0 aliphatic carbocycles. The van der Waals surface area contributed by atoms with E-state index >= 15 is 0 Å². The molecule has 3 atom stereocenters. The van der Waals surface area contributed by atoms with Gasteiger partial charge < -0.3 is 18.9 Å². The van der Waals surface area contributed by atoms with Crippen LogP contribution in [0.5, 0.6) is 0 Å². The molecule has 1 aromatic carbocycles. The van der Waals surface area contributed by atoms with E-state index in [1.807, 2.05) is 6.07 Å². The normalized spacial score (nSPS) is 21.2. The maximum Gasteiger partial charge on any atom is 0.352 e. The summed E-state index contributed by atoms with van der Waals surface area (Å²) in [6, 6.07) is 8.74. The summed E-state index contributed by atoms with van der Waals surface area (Å²) in [6.45, 7) is 8.85. The van der Waals surface area contributed by atoms with Crippen LogP contribution in [0.1, 0.15) is 38.9 Å². The minimum atomic E-state index is -1.12. The van der Waals surface area contributed by atoms with Crippen molar-refractivity contribution in [2.24, 2.45) is 0 Å². The van der Waals surface area contributed by atoms with Crippen molar-refractivity contribution >= 4 is 11.9 Å². The molecule has 1 fully saturated rings. The third-order valence-electron chi connectivity index (χ3n) is 3.71. The van der Waals surface area contributed by atoms with Gasteiger partial charge >= 0.3 is 11.9 Å². The summed E-state index contributed by atoms with van der Waals surface area (Å²) in [5.74, 6) is -1.94. The highest BCUT2D eigenvalue weighted by molar-refractivity contribution is 5.80. The third-order valence-corrected chi connectivity index (χ3v) is 3.71. The van der Waals surface area contributed by atoms with Gasteiger partial charge in [-0.25, -0.2) is 4.79 Å². The first-order valence-electron chi connectivity index (χ1n) is 8.17. The third kappa shape index (κ3) is 5.41. The van der Waals surface area contributed by atoms with Crippen LogP contribution in [0, 0.1) is 0 Å². The summed E-state index contributed by atoms with van der Waals surface area (Å²) in [5.41, 5.74) is 0.545. The van der Waals surface area contributed by atoms with Crippen molar-refractivity contribution in [3.8, 4) is 0 Å². The summed E-state index contributed by atoms with van der Waals surface area (Å²) in [6.07, 6.45) is -0.0615. The summed E-state index contributed by atoms with van der Waals surface area (Å²) < 4.78 is 22.1. The van der Waals surface area contributed by atoms with Gasteiger partial charge in [0.05, 0.1) is 6.61 Å². The number of benzene rings is 1. The van der Waals surface area contributed by atoms with Crippen LogP contribution in [0.3, 0.4) is 0 Å². The monoisotopic (exact) mass is 348 g/mol. The van der Waals surface area contributed by atoms with Gasteiger partial charge in [-0.05, 0) is 13.8 Å². The lowest BCUT2D eigenvalue weighted by Crippen LogP contribution is -2.36. The molecule has 0 aromatic heterocycles. The molecular formula is C19H24O6. The smallest absolute Gasteiger partial charge is 0.352 e. The van der Waals surface area contributed by atoms with Gasteiger partial charge in [-0.1, -0.05) is 36.4 Å². The average molecular weight is 348 g/mol. The van der Waals surface area contributed by atoms with Gasteiger partial charge in [-0.15, -0.1) is 6.58 Å². The Labute approximate surface area is 147 Å². The Bertz CT molecular complexity index is 610. The molecule has 6 nitrogen and oxygen atoms in total. The molecular weight excluding hydrogens is 324 g/mol. The maximum atomic E-state index is 12.7. The van der Waals surface area contributed by atoms with Crippen molar-refractivity contribution in [3.05, 3.63) is 48.6 Å². The Morgan fingerprint density at radius 3 is 2.52 bits per heavy atom. The van der Waals surface area contributed by atoms with Crippen LogP contribution >= 0.6 is 0 Å². The van der Waals surface area contributed by atoms with Gasteiger partial charge in [-0.3, -0.25) is 4.79 Å². The number of carbonyl (C=O) groups excluding carboxylic acids is 2. The fourth-order valence-corrected chi connectivity index (χ4v) is 2.60. The zero-order chi connectivity index (χ0) is 18.4. The van der Waals surface area contributed by atoms with Crippen molar-refractivity contribution in [2.75, 3.05) is 6.61 Å². The number of rotatable bonds is 7. The molecule has 25 heavy (non-hydrogen) atoms. The highest BCUT2D eigenvalue weighted by atomic mass is 16.8. The van der Waals surface area contributed by atoms with E-state index in [1.165, 1.54) is 6.92 Å². The Hall–Kier alpha value is -2.18. The molecule has 0 amide bonds. The van der Waals surface area contributed by atoms with Crippen LogP contribution in [-0.4, -0.2) is 36.5 Å². The predicted octanol–water partition coefficient (Wildman–Crippen LogP) is 2.93. The van der Waals surface area contributed by atoms with E-state index in [2.05, 4.69) is 6.58 Å². The first-order valence-corrected chi connectivity index (χ1v) is 8.17. The van der Waals surface area contributed by atoms with Crippen molar-refractivity contribution in [1.29, 1.82) is 0 Å². The highest BCUT2D eigenvalue weighted by Crippen LogP contribution is 2.28. The molecule has 136 valence electrons. The summed E-state index contributed by atoms with van der Waals surface area (Å²) in [7, 11) is 0. The number of hydrogen-bond acceptors (Lipinski definition) is 6. The largest absolute Gasteiger partial charge is 0.456 e. The van der Waals surface area contributed by atoms with Crippen LogP contribution in [0.25, 0.3) is 0 Å². The number of carbonyl (C=O) groups is 2. The first-order chi connectivity index (χ1) is 11.8. The molecule has 1 aromatic rings. The maximum absolute atomic E-state index is 12.7. The highest BCUT2D eigenvalue weighted by Gasteiger charge is 2.40. The lowest BCUT2D eigenvalue weighted by Gasteiger charge is -2.25. The van der Waals surface area contributed by atoms with E-state index in [1.54, 1.807) is 44.2 Å². The van der Waals surface area contributed by atoms with Gasteiger partial charge in [0.2, 0.25) is 6.10 Å². The molecule has 1 aliphatic rings. The molecule has 2 rings (SSSR count). The van der Waals surface area contributed by atoms with Crippen LogP contribution < -0.4 is 0 Å². The van der Waals surface area contributed by atoms with Gasteiger partial charge in [0.15, 0.2) is 5.79 Å². The average Bonchev–Trinajstić information content (AvgIpc) is 2.92. The first kappa shape index (κ1) is 19.1. The zero-order valence-corrected chi connectivity index (χ0v) is 14.8.